The van der Waals surface area contributed by atoms with Crippen molar-refractivity contribution in [2.24, 2.45) is 0 Å². The van der Waals surface area contributed by atoms with Gasteiger partial charge in [0.1, 0.15) is 11.9 Å². The van der Waals surface area contributed by atoms with E-state index in [0.717, 1.165) is 0 Å². The van der Waals surface area contributed by atoms with Crippen LogP contribution >= 0.6 is 11.9 Å². The molecular formula is C8ClF15O2. The van der Waals surface area contributed by atoms with E-state index in [-0.39, 0.29) is 0 Å². The van der Waals surface area contributed by atoms with Gasteiger partial charge < -0.3 is 4.29 Å². The molecule has 0 bridgehead atoms. The Kier molecular flexibility index (Phi) is 5.81. The second kappa shape index (κ2) is 6.12. The highest BCUT2D eigenvalue weighted by molar-refractivity contribution is 6.14. The molecule has 0 aromatic rings. The van der Waals surface area contributed by atoms with Crippen LogP contribution in [0.4, 0.5) is 65.9 Å². The van der Waals surface area contributed by atoms with E-state index in [1.54, 1.807) is 0 Å². The number of hydrogen-bond donors (Lipinski definition) is 0. The van der Waals surface area contributed by atoms with Gasteiger partial charge in [-0.1, -0.05) is 0 Å². The van der Waals surface area contributed by atoms with Gasteiger partial charge in [0.2, 0.25) is 0 Å². The molecule has 0 saturated carbocycles. The molecule has 18 heteroatoms. The van der Waals surface area contributed by atoms with Crippen molar-refractivity contribution in [3.8, 4) is 0 Å². The van der Waals surface area contributed by atoms with Gasteiger partial charge in [-0.3, -0.25) is 0 Å². The Morgan fingerprint density at radius 3 is 1.08 bits per heavy atom. The average molecular weight is 449 g/mol. The topological polar surface area (TPSA) is 26.3 Å². The maximum absolute atomic E-state index is 13.0. The summed E-state index contributed by atoms with van der Waals surface area (Å²) < 4.78 is 191. The van der Waals surface area contributed by atoms with Gasteiger partial charge in [0.15, 0.2) is 0 Å². The standard InChI is InChI=1S/C8ClF15O2/c9-26-1(25)2(10,11)3(12,13)4(14,15)5(16,17)6(18,19)7(20,21)8(22,23)24. The van der Waals surface area contributed by atoms with E-state index in [1.165, 1.54) is 0 Å². The third-order valence-corrected chi connectivity index (χ3v) is 2.79. The molecule has 0 radical (unpaired) electrons. The van der Waals surface area contributed by atoms with Crippen LogP contribution in [0.1, 0.15) is 0 Å². The van der Waals surface area contributed by atoms with Crippen molar-refractivity contribution in [3.63, 3.8) is 0 Å². The van der Waals surface area contributed by atoms with Crippen molar-refractivity contribution in [1.29, 1.82) is 0 Å². The Morgan fingerprint density at radius 2 is 0.808 bits per heavy atom. The van der Waals surface area contributed by atoms with Crippen molar-refractivity contribution in [1.82, 2.24) is 0 Å². The highest BCUT2D eigenvalue weighted by atomic mass is 35.5. The highest BCUT2D eigenvalue weighted by Crippen LogP contribution is 2.62. The first-order valence-corrected chi connectivity index (χ1v) is 5.46. The molecule has 0 aliphatic rings. The molecule has 0 atom stereocenters. The molecule has 0 aliphatic heterocycles. The lowest BCUT2D eigenvalue weighted by molar-refractivity contribution is -0.450. The van der Waals surface area contributed by atoms with Crippen molar-refractivity contribution >= 4 is 17.8 Å². The van der Waals surface area contributed by atoms with Gasteiger partial charge in [0.25, 0.3) is 0 Å². The minimum atomic E-state index is -8.46. The van der Waals surface area contributed by atoms with Gasteiger partial charge in [-0.15, -0.1) is 0 Å². The lowest BCUT2D eigenvalue weighted by Crippen LogP contribution is -2.73. The molecule has 156 valence electrons. The van der Waals surface area contributed by atoms with E-state index in [2.05, 4.69) is 16.2 Å². The van der Waals surface area contributed by atoms with E-state index in [1.807, 2.05) is 0 Å². The Bertz CT molecular complexity index is 550. The van der Waals surface area contributed by atoms with Crippen LogP contribution in [0.5, 0.6) is 0 Å². The number of carbonyl (C=O) groups excluding carboxylic acids is 1. The van der Waals surface area contributed by atoms with Gasteiger partial charge in [0.05, 0.1) is 0 Å². The summed E-state index contributed by atoms with van der Waals surface area (Å²) in [5.41, 5.74) is 0. The lowest BCUT2D eigenvalue weighted by Gasteiger charge is -2.40. The molecule has 0 spiro atoms. The van der Waals surface area contributed by atoms with Gasteiger partial charge in [0, 0.05) is 0 Å². The molecule has 0 aliphatic carbocycles. The van der Waals surface area contributed by atoms with Gasteiger partial charge >= 0.3 is 47.7 Å². The van der Waals surface area contributed by atoms with Crippen LogP contribution in [0.25, 0.3) is 0 Å². The molecule has 0 fully saturated rings. The maximum Gasteiger partial charge on any atom is 0.460 e. The molecule has 26 heavy (non-hydrogen) atoms. The molecule has 0 rings (SSSR count). The van der Waals surface area contributed by atoms with Crippen LogP contribution in [-0.2, 0) is 9.08 Å². The number of rotatable bonds is 6. The first-order valence-electron chi connectivity index (χ1n) is 5.15. The summed E-state index contributed by atoms with van der Waals surface area (Å²) >= 11 is 3.82. The van der Waals surface area contributed by atoms with E-state index >= 15 is 0 Å². The fourth-order valence-electron chi connectivity index (χ4n) is 1.14. The smallest absolute Gasteiger partial charge is 0.342 e. The summed E-state index contributed by atoms with van der Waals surface area (Å²) in [7, 11) is 0. The average Bonchev–Trinajstić information content (AvgIpc) is 2.43. The van der Waals surface area contributed by atoms with Crippen LogP contribution in [0.3, 0.4) is 0 Å². The maximum atomic E-state index is 13.0. The Balaban J connectivity index is 6.56. The fraction of sp³-hybridized carbons (Fsp3) is 0.875. The molecule has 0 unspecified atom stereocenters. The zero-order valence-corrected chi connectivity index (χ0v) is 11.6. The first kappa shape index (κ1) is 24.7. The number of hydrogen-bond acceptors (Lipinski definition) is 2. The zero-order valence-electron chi connectivity index (χ0n) is 10.9. The number of halogens is 16. The second-order valence-corrected chi connectivity index (χ2v) is 4.46. The van der Waals surface area contributed by atoms with E-state index in [4.69, 9.17) is 0 Å². The largest absolute Gasteiger partial charge is 0.460 e. The van der Waals surface area contributed by atoms with Crippen LogP contribution in [0.15, 0.2) is 0 Å². The van der Waals surface area contributed by atoms with Gasteiger partial charge in [-0.05, 0) is 0 Å². The highest BCUT2D eigenvalue weighted by Gasteiger charge is 2.94. The molecule has 0 heterocycles. The minimum absolute atomic E-state index is 2.33. The van der Waals surface area contributed by atoms with E-state index in [0.29, 0.717) is 0 Å². The van der Waals surface area contributed by atoms with Gasteiger partial charge in [-0.2, -0.15) is 65.9 Å². The SMILES string of the molecule is O=C(OCl)C(F)(F)C(F)(F)C(F)(F)C(F)(F)C(F)(F)C(F)(F)C(F)(F)F. The fourth-order valence-corrected chi connectivity index (χ4v) is 1.24. The van der Waals surface area contributed by atoms with E-state index < -0.39 is 47.7 Å². The first-order chi connectivity index (χ1) is 11.0. The van der Waals surface area contributed by atoms with Crippen LogP contribution < -0.4 is 0 Å². The Morgan fingerprint density at radius 1 is 0.538 bits per heavy atom. The zero-order chi connectivity index (χ0) is 21.8. The van der Waals surface area contributed by atoms with Crippen LogP contribution in [0, 0.1) is 0 Å². The second-order valence-electron chi connectivity index (χ2n) is 4.31. The predicted octanol–water partition coefficient (Wildman–Crippen LogP) is 5.06. The predicted molar refractivity (Wildman–Crippen MR) is 47.7 cm³/mol. The molecule has 0 saturated heterocycles. The van der Waals surface area contributed by atoms with Crippen molar-refractivity contribution < 1.29 is 74.9 Å². The van der Waals surface area contributed by atoms with Crippen molar-refractivity contribution in [3.05, 3.63) is 0 Å². The van der Waals surface area contributed by atoms with Gasteiger partial charge in [-0.25, -0.2) is 4.79 Å². The van der Waals surface area contributed by atoms with Crippen LogP contribution in [-0.4, -0.2) is 47.7 Å². The van der Waals surface area contributed by atoms with Crippen molar-refractivity contribution in [2.45, 2.75) is 41.7 Å². The quantitative estimate of drug-likeness (QED) is 0.531. The minimum Gasteiger partial charge on any atom is -0.342 e. The monoisotopic (exact) mass is 448 g/mol. The Hall–Kier alpha value is -1.29. The number of carbonyl (C=O) groups is 1. The third-order valence-electron chi connectivity index (χ3n) is 2.65. The molecular weight excluding hydrogens is 449 g/mol. The molecule has 2 nitrogen and oxygen atoms in total. The summed E-state index contributed by atoms with van der Waals surface area (Å²) in [6, 6.07) is 0. The Labute approximate surface area is 136 Å². The summed E-state index contributed by atoms with van der Waals surface area (Å²) in [6.07, 6.45) is -7.69. The van der Waals surface area contributed by atoms with Crippen molar-refractivity contribution in [2.75, 3.05) is 0 Å². The van der Waals surface area contributed by atoms with E-state index in [9.17, 15) is 70.7 Å². The number of alkyl halides is 15. The summed E-state index contributed by atoms with van der Waals surface area (Å²) in [4.78, 5) is 10.2. The summed E-state index contributed by atoms with van der Waals surface area (Å²) in [5, 5.41) is 0. The molecule has 0 aromatic heterocycles. The summed E-state index contributed by atoms with van der Waals surface area (Å²) in [5.74, 6) is -52.3. The van der Waals surface area contributed by atoms with Crippen LogP contribution in [0.2, 0.25) is 0 Å². The molecule has 0 N–H and O–H groups in total. The molecule has 0 amide bonds. The normalized spacial score (nSPS) is 15.8. The summed E-state index contributed by atoms with van der Waals surface area (Å²) in [6.45, 7) is 0. The third kappa shape index (κ3) is 2.90. The lowest BCUT2D eigenvalue weighted by atomic mass is 9.91. The molecule has 0 aromatic carbocycles.